The second-order valence-electron chi connectivity index (χ2n) is 4.74. The standard InChI is InChI=1S/C11H21N/c1-5-12-10-6-9(2)7-11(3,4)8-10/h6,9,12H,5,7-8H2,1-4H3. The molecule has 0 spiro atoms. The molecule has 0 saturated carbocycles. The van der Waals surface area contributed by atoms with Crippen LogP contribution in [0.15, 0.2) is 11.8 Å². The van der Waals surface area contributed by atoms with E-state index >= 15 is 0 Å². The Morgan fingerprint density at radius 3 is 2.75 bits per heavy atom. The van der Waals surface area contributed by atoms with E-state index in [9.17, 15) is 0 Å². The van der Waals surface area contributed by atoms with Gasteiger partial charge in [-0.25, -0.2) is 0 Å². The highest BCUT2D eigenvalue weighted by atomic mass is 14.9. The molecule has 1 rings (SSSR count). The number of rotatable bonds is 2. The zero-order chi connectivity index (χ0) is 9.19. The Morgan fingerprint density at radius 2 is 2.25 bits per heavy atom. The fourth-order valence-corrected chi connectivity index (χ4v) is 2.27. The molecule has 12 heavy (non-hydrogen) atoms. The van der Waals surface area contributed by atoms with Gasteiger partial charge in [-0.1, -0.05) is 26.8 Å². The maximum absolute atomic E-state index is 3.43. The van der Waals surface area contributed by atoms with Crippen molar-refractivity contribution < 1.29 is 0 Å². The smallest absolute Gasteiger partial charge is 0.0115 e. The van der Waals surface area contributed by atoms with Gasteiger partial charge in [0.15, 0.2) is 0 Å². The van der Waals surface area contributed by atoms with Crippen molar-refractivity contribution >= 4 is 0 Å². The van der Waals surface area contributed by atoms with E-state index in [0.29, 0.717) is 5.41 Å². The third-order valence-corrected chi connectivity index (χ3v) is 2.43. The Morgan fingerprint density at radius 1 is 1.58 bits per heavy atom. The molecule has 1 atom stereocenters. The molecule has 0 heterocycles. The van der Waals surface area contributed by atoms with Gasteiger partial charge in [-0.15, -0.1) is 0 Å². The first-order chi connectivity index (χ1) is 5.53. The lowest BCUT2D eigenvalue weighted by atomic mass is 9.75. The second kappa shape index (κ2) is 3.51. The maximum atomic E-state index is 3.43. The van der Waals surface area contributed by atoms with Crippen molar-refractivity contribution in [3.8, 4) is 0 Å². The molecule has 0 aromatic carbocycles. The lowest BCUT2D eigenvalue weighted by Gasteiger charge is -2.33. The van der Waals surface area contributed by atoms with Gasteiger partial charge in [0.05, 0.1) is 0 Å². The van der Waals surface area contributed by atoms with Crippen LogP contribution in [0.2, 0.25) is 0 Å². The average molecular weight is 167 g/mol. The zero-order valence-corrected chi connectivity index (χ0v) is 8.78. The SMILES string of the molecule is CCNC1=CC(C)CC(C)(C)C1. The van der Waals surface area contributed by atoms with Crippen LogP contribution in [0.5, 0.6) is 0 Å². The number of allylic oxidation sites excluding steroid dienone is 2. The lowest BCUT2D eigenvalue weighted by molar-refractivity contribution is 0.272. The van der Waals surface area contributed by atoms with Crippen LogP contribution >= 0.6 is 0 Å². The molecule has 0 amide bonds. The van der Waals surface area contributed by atoms with Gasteiger partial charge >= 0.3 is 0 Å². The van der Waals surface area contributed by atoms with E-state index in [1.807, 2.05) is 0 Å². The van der Waals surface area contributed by atoms with Crippen LogP contribution in [-0.2, 0) is 0 Å². The Labute approximate surface area is 76.2 Å². The minimum absolute atomic E-state index is 0.492. The Kier molecular flexibility index (Phi) is 2.81. The summed E-state index contributed by atoms with van der Waals surface area (Å²) < 4.78 is 0. The zero-order valence-electron chi connectivity index (χ0n) is 8.78. The van der Waals surface area contributed by atoms with Crippen molar-refractivity contribution in [2.45, 2.75) is 40.5 Å². The van der Waals surface area contributed by atoms with Crippen molar-refractivity contribution in [2.75, 3.05) is 6.54 Å². The Hall–Kier alpha value is -0.460. The summed E-state index contributed by atoms with van der Waals surface area (Å²) in [5.41, 5.74) is 1.94. The van der Waals surface area contributed by atoms with E-state index in [-0.39, 0.29) is 0 Å². The second-order valence-corrected chi connectivity index (χ2v) is 4.74. The molecule has 1 unspecified atom stereocenters. The van der Waals surface area contributed by atoms with Gasteiger partial charge in [-0.05, 0) is 31.1 Å². The molecule has 1 heteroatoms. The Balaban J connectivity index is 2.63. The van der Waals surface area contributed by atoms with Gasteiger partial charge in [0, 0.05) is 12.2 Å². The highest BCUT2D eigenvalue weighted by molar-refractivity contribution is 5.09. The predicted octanol–water partition coefficient (Wildman–Crippen LogP) is 2.94. The van der Waals surface area contributed by atoms with Crippen LogP contribution in [0.25, 0.3) is 0 Å². The van der Waals surface area contributed by atoms with E-state index in [1.54, 1.807) is 0 Å². The van der Waals surface area contributed by atoms with Crippen LogP contribution in [0.1, 0.15) is 40.5 Å². The third-order valence-electron chi connectivity index (χ3n) is 2.43. The highest BCUT2D eigenvalue weighted by Gasteiger charge is 2.25. The van der Waals surface area contributed by atoms with Crippen molar-refractivity contribution in [1.82, 2.24) is 5.32 Å². The first-order valence-corrected chi connectivity index (χ1v) is 4.98. The van der Waals surface area contributed by atoms with Crippen molar-refractivity contribution in [3.05, 3.63) is 11.8 Å². The monoisotopic (exact) mass is 167 g/mol. The Bertz CT molecular complexity index is 179. The van der Waals surface area contributed by atoms with Gasteiger partial charge in [-0.2, -0.15) is 0 Å². The van der Waals surface area contributed by atoms with Gasteiger partial charge in [0.2, 0.25) is 0 Å². The molecule has 70 valence electrons. The average Bonchev–Trinajstić information content (AvgIpc) is 1.82. The van der Waals surface area contributed by atoms with Crippen molar-refractivity contribution in [2.24, 2.45) is 11.3 Å². The van der Waals surface area contributed by atoms with Crippen molar-refractivity contribution in [3.63, 3.8) is 0 Å². The van der Waals surface area contributed by atoms with Crippen LogP contribution in [0.4, 0.5) is 0 Å². The first-order valence-electron chi connectivity index (χ1n) is 4.98. The van der Waals surface area contributed by atoms with Gasteiger partial charge in [-0.3, -0.25) is 0 Å². The van der Waals surface area contributed by atoms with Gasteiger partial charge in [0.25, 0.3) is 0 Å². The summed E-state index contributed by atoms with van der Waals surface area (Å²) >= 11 is 0. The minimum Gasteiger partial charge on any atom is -0.389 e. The summed E-state index contributed by atoms with van der Waals surface area (Å²) in [6.07, 6.45) is 4.92. The summed E-state index contributed by atoms with van der Waals surface area (Å²) in [7, 11) is 0. The summed E-state index contributed by atoms with van der Waals surface area (Å²) in [4.78, 5) is 0. The van der Waals surface area contributed by atoms with E-state index in [0.717, 1.165) is 12.5 Å². The molecule has 1 N–H and O–H groups in total. The van der Waals surface area contributed by atoms with E-state index in [2.05, 4.69) is 39.1 Å². The van der Waals surface area contributed by atoms with Gasteiger partial charge < -0.3 is 5.32 Å². The summed E-state index contributed by atoms with van der Waals surface area (Å²) in [6.45, 7) is 10.2. The van der Waals surface area contributed by atoms with Crippen LogP contribution in [0, 0.1) is 11.3 Å². The molecule has 0 bridgehead atoms. The molecule has 0 radical (unpaired) electrons. The maximum Gasteiger partial charge on any atom is 0.0115 e. The normalized spacial score (nSPS) is 28.0. The summed E-state index contributed by atoms with van der Waals surface area (Å²) in [6, 6.07) is 0. The minimum atomic E-state index is 0.492. The molecule has 0 aromatic heterocycles. The molecule has 0 aromatic rings. The number of hydrogen-bond donors (Lipinski definition) is 1. The molecular weight excluding hydrogens is 146 g/mol. The first kappa shape index (κ1) is 9.63. The third kappa shape index (κ3) is 2.54. The highest BCUT2D eigenvalue weighted by Crippen LogP contribution is 2.36. The number of nitrogens with one attached hydrogen (secondary N) is 1. The summed E-state index contributed by atoms with van der Waals surface area (Å²) in [5.74, 6) is 0.739. The van der Waals surface area contributed by atoms with Gasteiger partial charge in [0.1, 0.15) is 0 Å². The van der Waals surface area contributed by atoms with Crippen LogP contribution in [-0.4, -0.2) is 6.54 Å². The van der Waals surface area contributed by atoms with Crippen molar-refractivity contribution in [1.29, 1.82) is 0 Å². The molecule has 1 aliphatic rings. The lowest BCUT2D eigenvalue weighted by Crippen LogP contribution is -2.26. The van der Waals surface area contributed by atoms with Crippen LogP contribution in [0.3, 0.4) is 0 Å². The van der Waals surface area contributed by atoms with Crippen LogP contribution < -0.4 is 5.32 Å². The quantitative estimate of drug-likeness (QED) is 0.666. The molecule has 0 aliphatic heterocycles. The predicted molar refractivity (Wildman–Crippen MR) is 53.9 cm³/mol. The largest absolute Gasteiger partial charge is 0.389 e. The van der Waals surface area contributed by atoms with E-state index < -0.39 is 0 Å². The van der Waals surface area contributed by atoms with E-state index in [1.165, 1.54) is 18.5 Å². The summed E-state index contributed by atoms with van der Waals surface area (Å²) in [5, 5.41) is 3.43. The fourth-order valence-electron chi connectivity index (χ4n) is 2.27. The molecular formula is C11H21N. The molecule has 1 aliphatic carbocycles. The molecule has 0 saturated heterocycles. The fraction of sp³-hybridized carbons (Fsp3) is 0.818. The van der Waals surface area contributed by atoms with E-state index in [4.69, 9.17) is 0 Å². The topological polar surface area (TPSA) is 12.0 Å². The molecule has 0 fully saturated rings. The molecule has 1 nitrogen and oxygen atoms in total. The number of hydrogen-bond acceptors (Lipinski definition) is 1.